The van der Waals surface area contributed by atoms with E-state index in [2.05, 4.69) is 13.8 Å². The molecule has 0 radical (unpaired) electrons. The highest BCUT2D eigenvalue weighted by Crippen LogP contribution is 2.23. The second-order valence-electron chi connectivity index (χ2n) is 7.30. The maximum absolute atomic E-state index is 12.3. The van der Waals surface area contributed by atoms with Gasteiger partial charge in [-0.3, -0.25) is 9.59 Å². The van der Waals surface area contributed by atoms with Crippen molar-refractivity contribution in [2.75, 3.05) is 26.2 Å². The van der Waals surface area contributed by atoms with Crippen LogP contribution in [-0.2, 0) is 9.59 Å². The minimum Gasteiger partial charge on any atom is -0.343 e. The van der Waals surface area contributed by atoms with Gasteiger partial charge in [0.1, 0.15) is 0 Å². The normalized spacial score (nSPS) is 21.5. The standard InChI is InChI=1S/C17H31N3O2/c1-13(2)11-15(18)17(22)20-9-5-14(6-10-20)12-16(21)19-7-3-4-8-19/h13-15H,3-12,18H2,1-2H3/t15-/m0/s1. The Balaban J connectivity index is 1.73. The zero-order valence-corrected chi connectivity index (χ0v) is 14.1. The van der Waals surface area contributed by atoms with Crippen molar-refractivity contribution < 1.29 is 9.59 Å². The minimum absolute atomic E-state index is 0.0815. The first-order valence-corrected chi connectivity index (χ1v) is 8.79. The molecule has 0 aromatic heterocycles. The first-order valence-electron chi connectivity index (χ1n) is 8.79. The summed E-state index contributed by atoms with van der Waals surface area (Å²) in [6, 6.07) is -0.372. The number of nitrogens with two attached hydrogens (primary N) is 1. The van der Waals surface area contributed by atoms with E-state index in [-0.39, 0.29) is 11.9 Å². The molecule has 22 heavy (non-hydrogen) atoms. The predicted molar refractivity (Wildman–Crippen MR) is 87.2 cm³/mol. The van der Waals surface area contributed by atoms with Crippen molar-refractivity contribution in [3.05, 3.63) is 0 Å². The van der Waals surface area contributed by atoms with E-state index in [9.17, 15) is 9.59 Å². The monoisotopic (exact) mass is 309 g/mol. The molecule has 0 bridgehead atoms. The van der Waals surface area contributed by atoms with Gasteiger partial charge in [-0.2, -0.15) is 0 Å². The third-order valence-corrected chi connectivity index (χ3v) is 4.89. The van der Waals surface area contributed by atoms with Crippen LogP contribution in [0.1, 0.15) is 52.4 Å². The topological polar surface area (TPSA) is 66.6 Å². The average Bonchev–Trinajstić information content (AvgIpc) is 3.01. The van der Waals surface area contributed by atoms with Crippen molar-refractivity contribution in [2.24, 2.45) is 17.6 Å². The van der Waals surface area contributed by atoms with E-state index in [4.69, 9.17) is 5.73 Å². The molecule has 0 aromatic rings. The molecule has 2 aliphatic rings. The number of amides is 2. The zero-order chi connectivity index (χ0) is 16.1. The van der Waals surface area contributed by atoms with Gasteiger partial charge in [0.15, 0.2) is 0 Å². The fourth-order valence-electron chi connectivity index (χ4n) is 3.54. The van der Waals surface area contributed by atoms with Crippen LogP contribution in [0.25, 0.3) is 0 Å². The molecule has 0 spiro atoms. The Morgan fingerprint density at radius 3 is 2.18 bits per heavy atom. The summed E-state index contributed by atoms with van der Waals surface area (Å²) in [6.07, 6.45) is 5.55. The van der Waals surface area contributed by atoms with Crippen LogP contribution >= 0.6 is 0 Å². The van der Waals surface area contributed by atoms with Crippen LogP contribution in [0.4, 0.5) is 0 Å². The van der Waals surface area contributed by atoms with Crippen LogP contribution in [0.3, 0.4) is 0 Å². The first-order chi connectivity index (χ1) is 10.5. The van der Waals surface area contributed by atoms with Gasteiger partial charge in [0.2, 0.25) is 11.8 Å². The lowest BCUT2D eigenvalue weighted by Gasteiger charge is -2.34. The lowest BCUT2D eigenvalue weighted by molar-refractivity contribution is -0.135. The number of rotatable bonds is 5. The maximum Gasteiger partial charge on any atom is 0.239 e. The van der Waals surface area contributed by atoms with Crippen LogP contribution in [-0.4, -0.2) is 53.8 Å². The van der Waals surface area contributed by atoms with Crippen LogP contribution < -0.4 is 5.73 Å². The molecule has 5 heteroatoms. The Labute approximate surface area is 134 Å². The van der Waals surface area contributed by atoms with Crippen molar-refractivity contribution in [3.63, 3.8) is 0 Å². The summed E-state index contributed by atoms with van der Waals surface area (Å²) < 4.78 is 0. The van der Waals surface area contributed by atoms with Gasteiger partial charge >= 0.3 is 0 Å². The number of nitrogens with zero attached hydrogens (tertiary/aromatic N) is 2. The van der Waals surface area contributed by atoms with Crippen LogP contribution in [0.5, 0.6) is 0 Å². The molecule has 2 heterocycles. The third-order valence-electron chi connectivity index (χ3n) is 4.89. The molecule has 0 saturated carbocycles. The van der Waals surface area contributed by atoms with Gasteiger partial charge in [0, 0.05) is 32.6 Å². The fourth-order valence-corrected chi connectivity index (χ4v) is 3.54. The van der Waals surface area contributed by atoms with Crippen LogP contribution in [0.15, 0.2) is 0 Å². The van der Waals surface area contributed by atoms with Gasteiger partial charge in [-0.15, -0.1) is 0 Å². The Bertz CT molecular complexity index is 383. The Morgan fingerprint density at radius 2 is 1.64 bits per heavy atom. The average molecular weight is 309 g/mol. The van der Waals surface area contributed by atoms with Crippen molar-refractivity contribution >= 4 is 11.8 Å². The highest BCUT2D eigenvalue weighted by Gasteiger charge is 2.29. The lowest BCUT2D eigenvalue weighted by Crippen LogP contribution is -2.48. The van der Waals surface area contributed by atoms with Gasteiger partial charge < -0.3 is 15.5 Å². The second kappa shape index (κ2) is 7.95. The maximum atomic E-state index is 12.3. The van der Waals surface area contributed by atoms with Crippen molar-refractivity contribution in [2.45, 2.75) is 58.4 Å². The summed E-state index contributed by atoms with van der Waals surface area (Å²) in [5.41, 5.74) is 6.00. The first kappa shape index (κ1) is 17.3. The van der Waals surface area contributed by atoms with E-state index < -0.39 is 0 Å². The molecule has 2 saturated heterocycles. The van der Waals surface area contributed by atoms with Gasteiger partial charge in [-0.25, -0.2) is 0 Å². The molecule has 2 fully saturated rings. The van der Waals surface area contributed by atoms with Gasteiger partial charge in [0.25, 0.3) is 0 Å². The van der Waals surface area contributed by atoms with E-state index in [0.29, 0.717) is 24.2 Å². The largest absolute Gasteiger partial charge is 0.343 e. The van der Waals surface area contributed by atoms with E-state index >= 15 is 0 Å². The number of carbonyl (C=O) groups excluding carboxylic acids is 2. The van der Waals surface area contributed by atoms with Gasteiger partial charge in [-0.1, -0.05) is 13.8 Å². The predicted octanol–water partition coefficient (Wildman–Crippen LogP) is 1.61. The smallest absolute Gasteiger partial charge is 0.239 e. The van der Waals surface area contributed by atoms with E-state index in [1.807, 2.05) is 9.80 Å². The molecule has 2 amide bonds. The molecule has 2 N–H and O–H groups in total. The molecule has 5 nitrogen and oxygen atoms in total. The molecule has 1 atom stereocenters. The third kappa shape index (κ3) is 4.70. The summed E-state index contributed by atoms with van der Waals surface area (Å²) in [4.78, 5) is 28.4. The van der Waals surface area contributed by atoms with Gasteiger partial charge in [-0.05, 0) is 43.9 Å². The molecule has 126 valence electrons. The highest BCUT2D eigenvalue weighted by atomic mass is 16.2. The number of likely N-dealkylation sites (tertiary alicyclic amines) is 2. The number of hydrogen-bond acceptors (Lipinski definition) is 3. The summed E-state index contributed by atoms with van der Waals surface area (Å²) in [6.45, 7) is 7.54. The van der Waals surface area contributed by atoms with Crippen LogP contribution in [0.2, 0.25) is 0 Å². The number of carbonyl (C=O) groups is 2. The lowest BCUT2D eigenvalue weighted by atomic mass is 9.92. The second-order valence-corrected chi connectivity index (χ2v) is 7.30. The number of piperidine rings is 1. The molecule has 0 aromatic carbocycles. The van der Waals surface area contributed by atoms with Crippen molar-refractivity contribution in [1.29, 1.82) is 0 Å². The molecular weight excluding hydrogens is 278 g/mol. The quantitative estimate of drug-likeness (QED) is 0.839. The fraction of sp³-hybridized carbons (Fsp3) is 0.882. The molecule has 2 aliphatic heterocycles. The molecule has 2 rings (SSSR count). The van der Waals surface area contributed by atoms with E-state index in [1.54, 1.807) is 0 Å². The Hall–Kier alpha value is -1.10. The number of hydrogen-bond donors (Lipinski definition) is 1. The van der Waals surface area contributed by atoms with E-state index in [0.717, 1.165) is 58.3 Å². The Kier molecular flexibility index (Phi) is 6.24. The Morgan fingerprint density at radius 1 is 1.05 bits per heavy atom. The van der Waals surface area contributed by atoms with Gasteiger partial charge in [0.05, 0.1) is 6.04 Å². The van der Waals surface area contributed by atoms with Crippen LogP contribution in [0, 0.1) is 11.8 Å². The van der Waals surface area contributed by atoms with Crippen molar-refractivity contribution in [3.8, 4) is 0 Å². The molecule has 0 aliphatic carbocycles. The highest BCUT2D eigenvalue weighted by molar-refractivity contribution is 5.81. The van der Waals surface area contributed by atoms with E-state index in [1.165, 1.54) is 0 Å². The molecular formula is C17H31N3O2. The minimum atomic E-state index is -0.372. The summed E-state index contributed by atoms with van der Waals surface area (Å²) in [5, 5.41) is 0. The SMILES string of the molecule is CC(C)C[C@H](N)C(=O)N1CCC(CC(=O)N2CCCC2)CC1. The summed E-state index contributed by atoms with van der Waals surface area (Å²) in [5.74, 6) is 1.25. The summed E-state index contributed by atoms with van der Waals surface area (Å²) in [7, 11) is 0. The van der Waals surface area contributed by atoms with Crippen molar-refractivity contribution in [1.82, 2.24) is 9.80 Å². The molecule has 0 unspecified atom stereocenters. The zero-order valence-electron chi connectivity index (χ0n) is 14.1. The summed E-state index contributed by atoms with van der Waals surface area (Å²) >= 11 is 0.